The zero-order valence-electron chi connectivity index (χ0n) is 14.2. The van der Waals surface area contributed by atoms with Gasteiger partial charge in [-0.25, -0.2) is 0 Å². The Bertz CT molecular complexity index is 1030. The molecule has 24 heavy (non-hydrogen) atoms. The third kappa shape index (κ3) is 2.79. The third-order valence-electron chi connectivity index (χ3n) is 4.16. The molecule has 3 aromatic rings. The molecule has 2 aromatic heterocycles. The maximum Gasteiger partial charge on any atom is 0.266 e. The van der Waals surface area contributed by atoms with Gasteiger partial charge in [-0.05, 0) is 57.0 Å². The summed E-state index contributed by atoms with van der Waals surface area (Å²) in [5.74, 6) is 0. The summed E-state index contributed by atoms with van der Waals surface area (Å²) < 4.78 is 0. The van der Waals surface area contributed by atoms with Crippen LogP contribution in [0.2, 0.25) is 0 Å². The standard InChI is InChI=1S/C20H18N2OS/c1-11-5-6-12(2)15(7-11)19-9-17(18(10-21)20(23)22-19)16-8-13(3)24-14(16)4/h5-9H,1-4H3,(H,22,23). The van der Waals surface area contributed by atoms with E-state index in [9.17, 15) is 10.1 Å². The van der Waals surface area contributed by atoms with E-state index in [-0.39, 0.29) is 11.1 Å². The van der Waals surface area contributed by atoms with Crippen molar-refractivity contribution in [1.29, 1.82) is 5.26 Å². The van der Waals surface area contributed by atoms with Gasteiger partial charge in [-0.15, -0.1) is 11.3 Å². The lowest BCUT2D eigenvalue weighted by atomic mass is 9.97. The Morgan fingerprint density at radius 2 is 1.75 bits per heavy atom. The molecule has 0 amide bonds. The van der Waals surface area contributed by atoms with Crippen molar-refractivity contribution in [3.8, 4) is 28.5 Å². The number of pyridine rings is 1. The Balaban J connectivity index is 2.33. The van der Waals surface area contributed by atoms with Crippen LogP contribution in [-0.4, -0.2) is 4.98 Å². The van der Waals surface area contributed by atoms with Crippen molar-refractivity contribution in [2.75, 3.05) is 0 Å². The lowest BCUT2D eigenvalue weighted by Gasteiger charge is -2.10. The van der Waals surface area contributed by atoms with Crippen molar-refractivity contribution >= 4 is 11.3 Å². The maximum atomic E-state index is 12.5. The van der Waals surface area contributed by atoms with Gasteiger partial charge < -0.3 is 4.98 Å². The van der Waals surface area contributed by atoms with E-state index in [1.807, 2.05) is 52.0 Å². The Labute approximate surface area is 145 Å². The molecule has 0 unspecified atom stereocenters. The number of nitrogens with one attached hydrogen (secondary N) is 1. The molecule has 0 spiro atoms. The lowest BCUT2D eigenvalue weighted by Crippen LogP contribution is -2.13. The topological polar surface area (TPSA) is 56.6 Å². The summed E-state index contributed by atoms with van der Waals surface area (Å²) in [6.45, 7) is 8.10. The third-order valence-corrected chi connectivity index (χ3v) is 5.13. The molecule has 0 radical (unpaired) electrons. The van der Waals surface area contributed by atoms with Crippen molar-refractivity contribution in [3.05, 3.63) is 67.1 Å². The molecule has 2 heterocycles. The summed E-state index contributed by atoms with van der Waals surface area (Å²) in [5, 5.41) is 9.45. The number of benzene rings is 1. The average Bonchev–Trinajstić information content (AvgIpc) is 2.87. The number of nitriles is 1. The first-order valence-corrected chi connectivity index (χ1v) is 8.55. The van der Waals surface area contributed by atoms with Crippen LogP contribution in [0.15, 0.2) is 35.1 Å². The summed E-state index contributed by atoms with van der Waals surface area (Å²) in [4.78, 5) is 17.6. The van der Waals surface area contributed by atoms with E-state index < -0.39 is 0 Å². The van der Waals surface area contributed by atoms with E-state index >= 15 is 0 Å². The van der Waals surface area contributed by atoms with Crippen molar-refractivity contribution in [3.63, 3.8) is 0 Å². The number of rotatable bonds is 2. The summed E-state index contributed by atoms with van der Waals surface area (Å²) in [6, 6.07) is 12.2. The van der Waals surface area contributed by atoms with Gasteiger partial charge >= 0.3 is 0 Å². The summed E-state index contributed by atoms with van der Waals surface area (Å²) in [5.41, 5.74) is 5.46. The molecule has 0 bridgehead atoms. The number of H-pyrrole nitrogens is 1. The summed E-state index contributed by atoms with van der Waals surface area (Å²) in [7, 11) is 0. The van der Waals surface area contributed by atoms with Crippen molar-refractivity contribution in [2.24, 2.45) is 0 Å². The predicted octanol–water partition coefficient (Wildman–Crippen LogP) is 4.88. The van der Waals surface area contributed by atoms with E-state index in [4.69, 9.17) is 0 Å². The van der Waals surface area contributed by atoms with Gasteiger partial charge in [0.2, 0.25) is 0 Å². The molecular weight excluding hydrogens is 316 g/mol. The Morgan fingerprint density at radius 1 is 1.00 bits per heavy atom. The molecule has 0 aliphatic rings. The van der Waals surface area contributed by atoms with Gasteiger partial charge in [-0.3, -0.25) is 4.79 Å². The normalized spacial score (nSPS) is 10.6. The first-order chi connectivity index (χ1) is 11.4. The van der Waals surface area contributed by atoms with Crippen LogP contribution in [0.1, 0.15) is 26.4 Å². The molecule has 0 atom stereocenters. The number of aromatic nitrogens is 1. The lowest BCUT2D eigenvalue weighted by molar-refractivity contribution is 1.21. The van der Waals surface area contributed by atoms with Crippen LogP contribution in [0.3, 0.4) is 0 Å². The predicted molar refractivity (Wildman–Crippen MR) is 99.5 cm³/mol. The summed E-state index contributed by atoms with van der Waals surface area (Å²) >= 11 is 1.67. The molecule has 0 saturated heterocycles. The molecule has 0 aliphatic heterocycles. The number of nitrogens with zero attached hydrogens (tertiary/aromatic N) is 1. The molecule has 3 rings (SSSR count). The Morgan fingerprint density at radius 3 is 2.38 bits per heavy atom. The number of hydrogen-bond donors (Lipinski definition) is 1. The van der Waals surface area contributed by atoms with Crippen LogP contribution in [0, 0.1) is 39.0 Å². The molecular formula is C20H18N2OS. The van der Waals surface area contributed by atoms with Gasteiger partial charge in [0.05, 0.1) is 0 Å². The Hall–Kier alpha value is -2.64. The number of aromatic amines is 1. The zero-order valence-corrected chi connectivity index (χ0v) is 15.0. The quantitative estimate of drug-likeness (QED) is 0.726. The molecule has 4 heteroatoms. The fraction of sp³-hybridized carbons (Fsp3) is 0.200. The zero-order chi connectivity index (χ0) is 17.4. The van der Waals surface area contributed by atoms with E-state index in [1.165, 1.54) is 4.88 Å². The van der Waals surface area contributed by atoms with E-state index in [2.05, 4.69) is 17.1 Å². The molecule has 1 aromatic carbocycles. The van der Waals surface area contributed by atoms with Crippen LogP contribution in [0.4, 0.5) is 0 Å². The molecule has 0 fully saturated rings. The minimum Gasteiger partial charge on any atom is -0.321 e. The fourth-order valence-electron chi connectivity index (χ4n) is 2.95. The van der Waals surface area contributed by atoms with Gasteiger partial charge in [0.25, 0.3) is 5.56 Å². The van der Waals surface area contributed by atoms with Gasteiger partial charge in [-0.1, -0.05) is 17.7 Å². The van der Waals surface area contributed by atoms with E-state index in [1.54, 1.807) is 11.3 Å². The first kappa shape index (κ1) is 16.2. The molecule has 120 valence electrons. The van der Waals surface area contributed by atoms with Crippen LogP contribution < -0.4 is 5.56 Å². The van der Waals surface area contributed by atoms with Gasteiger partial charge in [0.15, 0.2) is 0 Å². The monoisotopic (exact) mass is 334 g/mol. The maximum absolute atomic E-state index is 12.5. The van der Waals surface area contributed by atoms with Gasteiger partial charge in [0.1, 0.15) is 11.6 Å². The van der Waals surface area contributed by atoms with Crippen LogP contribution in [-0.2, 0) is 0 Å². The van der Waals surface area contributed by atoms with Gasteiger partial charge in [-0.2, -0.15) is 5.26 Å². The second kappa shape index (κ2) is 6.10. The number of aryl methyl sites for hydroxylation is 4. The summed E-state index contributed by atoms with van der Waals surface area (Å²) in [6.07, 6.45) is 0. The second-order valence-corrected chi connectivity index (χ2v) is 7.52. The van der Waals surface area contributed by atoms with E-state index in [0.717, 1.165) is 32.8 Å². The number of thiophene rings is 1. The van der Waals surface area contributed by atoms with Crippen molar-refractivity contribution < 1.29 is 0 Å². The second-order valence-electron chi connectivity index (χ2n) is 6.06. The highest BCUT2D eigenvalue weighted by Crippen LogP contribution is 2.34. The average molecular weight is 334 g/mol. The minimum absolute atomic E-state index is 0.171. The highest BCUT2D eigenvalue weighted by atomic mass is 32.1. The van der Waals surface area contributed by atoms with Crippen molar-refractivity contribution in [1.82, 2.24) is 4.98 Å². The van der Waals surface area contributed by atoms with Crippen LogP contribution in [0.5, 0.6) is 0 Å². The SMILES string of the molecule is Cc1ccc(C)c(-c2cc(-c3cc(C)sc3C)c(C#N)c(=O)[nH]2)c1. The van der Waals surface area contributed by atoms with Gasteiger partial charge in [0, 0.05) is 26.6 Å². The smallest absolute Gasteiger partial charge is 0.266 e. The van der Waals surface area contributed by atoms with Crippen molar-refractivity contribution in [2.45, 2.75) is 27.7 Å². The minimum atomic E-state index is -0.339. The molecule has 0 saturated carbocycles. The molecule has 3 nitrogen and oxygen atoms in total. The van der Waals surface area contributed by atoms with Crippen LogP contribution in [0.25, 0.3) is 22.4 Å². The highest BCUT2D eigenvalue weighted by molar-refractivity contribution is 7.12. The van der Waals surface area contributed by atoms with Crippen LogP contribution >= 0.6 is 11.3 Å². The Kier molecular flexibility index (Phi) is 4.13. The molecule has 1 N–H and O–H groups in total. The first-order valence-electron chi connectivity index (χ1n) is 7.73. The molecule has 0 aliphatic carbocycles. The largest absolute Gasteiger partial charge is 0.321 e. The number of hydrogen-bond acceptors (Lipinski definition) is 3. The highest BCUT2D eigenvalue weighted by Gasteiger charge is 2.16. The fourth-order valence-corrected chi connectivity index (χ4v) is 3.89. The van der Waals surface area contributed by atoms with E-state index in [0.29, 0.717) is 5.56 Å².